The van der Waals surface area contributed by atoms with E-state index in [1.165, 1.54) is 28.1 Å². The fourth-order valence-corrected chi connectivity index (χ4v) is 10.8. The molecule has 0 heterocycles. The first-order valence-electron chi connectivity index (χ1n) is 10.9. The molecular formula is C26H31ClSiZr. The van der Waals surface area contributed by atoms with Crippen molar-refractivity contribution in [1.29, 1.82) is 0 Å². The molecule has 2 atom stereocenters. The Kier molecular flexibility index (Phi) is 6.55. The van der Waals surface area contributed by atoms with E-state index >= 15 is 0 Å². The van der Waals surface area contributed by atoms with Crippen LogP contribution in [-0.2, 0) is 22.0 Å². The SMILES string of the molecule is CC1=Cc2ccccc2C1C(CC[CH2][Zr][Cl])(C1C(C)=Cc2ccccc21)[SiH](C)C. The van der Waals surface area contributed by atoms with E-state index in [1.807, 2.05) is 0 Å². The molecule has 0 saturated carbocycles. The van der Waals surface area contributed by atoms with Crippen LogP contribution in [0.2, 0.25) is 22.3 Å². The molecule has 2 aromatic rings. The van der Waals surface area contributed by atoms with Gasteiger partial charge in [0.25, 0.3) is 0 Å². The number of halogens is 1. The van der Waals surface area contributed by atoms with Crippen LogP contribution in [0.25, 0.3) is 12.2 Å². The van der Waals surface area contributed by atoms with Crippen LogP contribution in [0, 0.1) is 0 Å². The Morgan fingerprint density at radius 1 is 0.862 bits per heavy atom. The summed E-state index contributed by atoms with van der Waals surface area (Å²) < 4.78 is 1.28. The first-order chi connectivity index (χ1) is 14.0. The van der Waals surface area contributed by atoms with E-state index in [-0.39, 0.29) is 0 Å². The van der Waals surface area contributed by atoms with Gasteiger partial charge >= 0.3 is 194 Å². The third-order valence-electron chi connectivity index (χ3n) is 7.32. The number of hydrogen-bond donors (Lipinski definition) is 0. The maximum absolute atomic E-state index is 6.31. The van der Waals surface area contributed by atoms with E-state index in [0.717, 1.165) is 0 Å². The summed E-state index contributed by atoms with van der Waals surface area (Å²) in [6.07, 6.45) is 7.52. The third-order valence-corrected chi connectivity index (χ3v) is 12.9. The second-order valence-corrected chi connectivity index (χ2v) is 16.0. The molecule has 0 aliphatic heterocycles. The minimum absolute atomic E-state index is 0.311. The molecule has 0 amide bonds. The molecule has 0 nitrogen and oxygen atoms in total. The van der Waals surface area contributed by atoms with Crippen molar-refractivity contribution in [2.75, 3.05) is 0 Å². The average molecular weight is 498 g/mol. The van der Waals surface area contributed by atoms with Gasteiger partial charge in [0, 0.05) is 0 Å². The van der Waals surface area contributed by atoms with Crippen LogP contribution in [0.5, 0.6) is 0 Å². The molecule has 0 saturated heterocycles. The monoisotopic (exact) mass is 496 g/mol. The van der Waals surface area contributed by atoms with Crippen LogP contribution in [0.4, 0.5) is 0 Å². The number of rotatable bonds is 7. The quantitative estimate of drug-likeness (QED) is 0.268. The molecule has 2 aliphatic carbocycles. The Hall–Kier alpha value is -0.690. The summed E-state index contributed by atoms with van der Waals surface area (Å²) in [6, 6.07) is 18.3. The molecule has 0 radical (unpaired) electrons. The van der Waals surface area contributed by atoms with E-state index in [2.05, 4.69) is 87.6 Å². The number of allylic oxidation sites excluding steroid dienone is 2. The Bertz CT molecular complexity index is 891. The normalized spacial score (nSPS) is 22.0. The van der Waals surface area contributed by atoms with Gasteiger partial charge in [-0.25, -0.2) is 0 Å². The fourth-order valence-electron chi connectivity index (χ4n) is 6.26. The molecule has 0 bridgehead atoms. The van der Waals surface area contributed by atoms with E-state index in [4.69, 9.17) is 8.51 Å². The van der Waals surface area contributed by atoms with E-state index in [0.29, 0.717) is 16.9 Å². The molecule has 2 aromatic carbocycles. The molecule has 0 fully saturated rings. The molecule has 0 N–H and O–H groups in total. The van der Waals surface area contributed by atoms with Gasteiger partial charge in [0.1, 0.15) is 0 Å². The van der Waals surface area contributed by atoms with Gasteiger partial charge in [0.05, 0.1) is 0 Å². The van der Waals surface area contributed by atoms with Crippen molar-refractivity contribution in [1.82, 2.24) is 0 Å². The fraction of sp³-hybridized carbons (Fsp3) is 0.385. The average Bonchev–Trinajstić information content (AvgIpc) is 3.21. The van der Waals surface area contributed by atoms with Crippen LogP contribution >= 0.6 is 8.51 Å². The van der Waals surface area contributed by atoms with Gasteiger partial charge in [-0.2, -0.15) is 0 Å². The minimum atomic E-state index is -1.07. The molecule has 2 unspecified atom stereocenters. The summed E-state index contributed by atoms with van der Waals surface area (Å²) in [7, 11) is 5.24. The van der Waals surface area contributed by atoms with Gasteiger partial charge in [-0.15, -0.1) is 0 Å². The zero-order valence-electron chi connectivity index (χ0n) is 18.0. The van der Waals surface area contributed by atoms with Crippen LogP contribution in [0.15, 0.2) is 59.7 Å². The van der Waals surface area contributed by atoms with Crippen molar-refractivity contribution in [2.45, 2.75) is 60.8 Å². The van der Waals surface area contributed by atoms with Crippen molar-refractivity contribution in [3.8, 4) is 0 Å². The van der Waals surface area contributed by atoms with Gasteiger partial charge in [-0.05, 0) is 0 Å². The Labute approximate surface area is 193 Å². The van der Waals surface area contributed by atoms with Crippen LogP contribution in [0.1, 0.15) is 60.8 Å². The van der Waals surface area contributed by atoms with Crippen molar-refractivity contribution in [3.63, 3.8) is 0 Å². The first-order valence-corrected chi connectivity index (χ1v) is 18.7. The molecule has 0 aromatic heterocycles. The van der Waals surface area contributed by atoms with Gasteiger partial charge in [0.15, 0.2) is 0 Å². The van der Waals surface area contributed by atoms with Gasteiger partial charge in [-0.3, -0.25) is 0 Å². The maximum atomic E-state index is 6.31. The summed E-state index contributed by atoms with van der Waals surface area (Å²) in [5.41, 5.74) is 9.14. The van der Waals surface area contributed by atoms with Crippen LogP contribution < -0.4 is 0 Å². The summed E-state index contributed by atoms with van der Waals surface area (Å²) >= 11 is -0.672. The molecule has 150 valence electrons. The Morgan fingerprint density at radius 3 is 1.79 bits per heavy atom. The molecule has 2 aliphatic rings. The second-order valence-electron chi connectivity index (χ2n) is 9.15. The van der Waals surface area contributed by atoms with Crippen LogP contribution in [0.3, 0.4) is 0 Å². The Morgan fingerprint density at radius 2 is 1.34 bits per heavy atom. The first kappa shape index (κ1) is 21.5. The van der Waals surface area contributed by atoms with E-state index in [9.17, 15) is 0 Å². The molecule has 29 heavy (non-hydrogen) atoms. The van der Waals surface area contributed by atoms with Gasteiger partial charge in [0.2, 0.25) is 0 Å². The van der Waals surface area contributed by atoms with Crippen molar-refractivity contribution < 1.29 is 22.0 Å². The summed E-state index contributed by atoms with van der Waals surface area (Å²) in [5, 5.41) is 0.311. The second kappa shape index (κ2) is 8.81. The zero-order chi connectivity index (χ0) is 20.6. The third kappa shape index (κ3) is 3.64. The summed E-state index contributed by atoms with van der Waals surface area (Å²) in [6.45, 7) is 9.97. The van der Waals surface area contributed by atoms with Gasteiger partial charge in [-0.1, -0.05) is 0 Å². The van der Waals surface area contributed by atoms with E-state index < -0.39 is 30.8 Å². The Balaban J connectivity index is 1.92. The molecule has 0 spiro atoms. The number of fused-ring (bicyclic) bond motifs is 2. The standard InChI is InChI=1S/C26H31Si.ClH.Zr/c1-6-15-26(27(4)5,24-18(2)16-20-11-7-9-13-22(20)24)25-19(3)17-21-12-8-10-14-23(21)25;;/h7-14,16-17,24-25,27H,1,6,15H2,2-5H3;1H;/q;;+1/p-1. The molecular weight excluding hydrogens is 467 g/mol. The zero-order valence-corrected chi connectivity index (χ0v) is 22.4. The molecule has 4 rings (SSSR count). The van der Waals surface area contributed by atoms with Crippen molar-refractivity contribution >= 4 is 29.5 Å². The van der Waals surface area contributed by atoms with Crippen LogP contribution in [-0.4, -0.2) is 8.80 Å². The molecule has 3 heteroatoms. The predicted octanol–water partition coefficient (Wildman–Crippen LogP) is 8.05. The summed E-state index contributed by atoms with van der Waals surface area (Å²) in [5.74, 6) is 1.07. The van der Waals surface area contributed by atoms with Crippen molar-refractivity contribution in [2.24, 2.45) is 0 Å². The van der Waals surface area contributed by atoms with Crippen molar-refractivity contribution in [3.05, 3.63) is 81.9 Å². The summed E-state index contributed by atoms with van der Waals surface area (Å²) in [4.78, 5) is 0. The van der Waals surface area contributed by atoms with Gasteiger partial charge < -0.3 is 0 Å². The predicted molar refractivity (Wildman–Crippen MR) is 127 cm³/mol. The number of hydrogen-bond acceptors (Lipinski definition) is 0. The topological polar surface area (TPSA) is 0 Å². The number of benzene rings is 2. The van der Waals surface area contributed by atoms with E-state index in [1.54, 1.807) is 22.3 Å².